The average molecular weight is 176 g/mol. The number of pyridine rings is 1. The van der Waals surface area contributed by atoms with Crippen molar-refractivity contribution in [2.75, 3.05) is 0 Å². The number of halogens is 1. The smallest absolute Gasteiger partial charge is 0.126 e. The second kappa shape index (κ2) is 3.47. The van der Waals surface area contributed by atoms with Crippen LogP contribution in [0.5, 0.6) is 0 Å². The molecule has 0 spiro atoms. The van der Waals surface area contributed by atoms with Crippen LogP contribution >= 0.6 is 0 Å². The quantitative estimate of drug-likeness (QED) is 0.602. The first-order valence-electron chi connectivity index (χ1n) is 4.16. The zero-order valence-corrected chi connectivity index (χ0v) is 7.02. The van der Waals surface area contributed by atoms with Gasteiger partial charge in [-0.3, -0.25) is 9.98 Å². The van der Waals surface area contributed by atoms with Gasteiger partial charge in [0.25, 0.3) is 0 Å². The molecule has 3 heteroatoms. The Bertz CT molecular complexity index is 346. The van der Waals surface area contributed by atoms with E-state index >= 15 is 0 Å². The van der Waals surface area contributed by atoms with E-state index < -0.39 is 0 Å². The van der Waals surface area contributed by atoms with E-state index in [4.69, 9.17) is 0 Å². The third-order valence-electron chi connectivity index (χ3n) is 1.87. The van der Waals surface area contributed by atoms with Gasteiger partial charge in [-0.25, -0.2) is 4.39 Å². The number of nitrogens with zero attached hydrogens (tertiary/aromatic N) is 2. The molecule has 0 amide bonds. The molecule has 0 bridgehead atoms. The number of aliphatic imine (C=N–C) groups is 1. The molecule has 13 heavy (non-hydrogen) atoms. The minimum absolute atomic E-state index is 0.107. The molecule has 2 rings (SSSR count). The second-order valence-corrected chi connectivity index (χ2v) is 2.84. The summed E-state index contributed by atoms with van der Waals surface area (Å²) < 4.78 is 12.8. The van der Waals surface area contributed by atoms with Gasteiger partial charge in [-0.15, -0.1) is 0 Å². The molecule has 0 aliphatic carbocycles. The van der Waals surface area contributed by atoms with Gasteiger partial charge < -0.3 is 0 Å². The van der Waals surface area contributed by atoms with Gasteiger partial charge in [0, 0.05) is 18.8 Å². The van der Waals surface area contributed by atoms with Crippen molar-refractivity contribution in [1.82, 2.24) is 4.98 Å². The zero-order chi connectivity index (χ0) is 9.10. The van der Waals surface area contributed by atoms with Gasteiger partial charge in [0.1, 0.15) is 11.9 Å². The monoisotopic (exact) mass is 176 g/mol. The SMILES string of the molecule is Fc1ccnc(C2C=CCC=N2)c1. The van der Waals surface area contributed by atoms with E-state index in [9.17, 15) is 4.39 Å². The molecule has 0 N–H and O–H groups in total. The highest BCUT2D eigenvalue weighted by atomic mass is 19.1. The van der Waals surface area contributed by atoms with Crippen molar-refractivity contribution in [2.45, 2.75) is 12.5 Å². The summed E-state index contributed by atoms with van der Waals surface area (Å²) in [6, 6.07) is 2.64. The molecule has 1 aliphatic heterocycles. The summed E-state index contributed by atoms with van der Waals surface area (Å²) in [6.45, 7) is 0. The van der Waals surface area contributed by atoms with E-state index in [-0.39, 0.29) is 11.9 Å². The van der Waals surface area contributed by atoms with Crippen molar-refractivity contribution in [2.24, 2.45) is 4.99 Å². The number of hydrogen-bond donors (Lipinski definition) is 0. The van der Waals surface area contributed by atoms with Gasteiger partial charge in [0.2, 0.25) is 0 Å². The molecular formula is C10H9FN2. The number of dihydropyridines is 1. The molecule has 0 fully saturated rings. The van der Waals surface area contributed by atoms with E-state index in [0.29, 0.717) is 5.69 Å². The fraction of sp³-hybridized carbons (Fsp3) is 0.200. The highest BCUT2D eigenvalue weighted by Crippen LogP contribution is 2.19. The highest BCUT2D eigenvalue weighted by Gasteiger charge is 2.08. The molecule has 2 heterocycles. The van der Waals surface area contributed by atoms with Crippen molar-refractivity contribution in [3.8, 4) is 0 Å². The number of hydrogen-bond acceptors (Lipinski definition) is 2. The first kappa shape index (κ1) is 8.10. The third-order valence-corrected chi connectivity index (χ3v) is 1.87. The Morgan fingerprint density at radius 3 is 3.08 bits per heavy atom. The third kappa shape index (κ3) is 1.80. The van der Waals surface area contributed by atoms with Gasteiger partial charge in [0.15, 0.2) is 0 Å². The molecule has 2 nitrogen and oxygen atoms in total. The van der Waals surface area contributed by atoms with Crippen LogP contribution in [0.1, 0.15) is 18.2 Å². The Morgan fingerprint density at radius 1 is 1.46 bits per heavy atom. The van der Waals surface area contributed by atoms with Gasteiger partial charge in [0.05, 0.1) is 5.69 Å². The molecule has 0 aromatic carbocycles. The standard InChI is InChI=1S/C10H9FN2/c11-8-4-6-13-10(7-8)9-3-1-2-5-12-9/h1,3-7,9H,2H2. The summed E-state index contributed by atoms with van der Waals surface area (Å²) in [4.78, 5) is 8.26. The minimum Gasteiger partial charge on any atom is -0.283 e. The summed E-state index contributed by atoms with van der Waals surface area (Å²) in [6.07, 6.45) is 8.07. The van der Waals surface area contributed by atoms with Gasteiger partial charge >= 0.3 is 0 Å². The lowest BCUT2D eigenvalue weighted by molar-refractivity contribution is 0.619. The maximum Gasteiger partial charge on any atom is 0.126 e. The van der Waals surface area contributed by atoms with Crippen LogP contribution in [0.2, 0.25) is 0 Å². The van der Waals surface area contributed by atoms with Crippen LogP contribution in [0, 0.1) is 5.82 Å². The fourth-order valence-corrected chi connectivity index (χ4v) is 1.25. The Labute approximate surface area is 75.8 Å². The van der Waals surface area contributed by atoms with Crippen molar-refractivity contribution in [1.29, 1.82) is 0 Å². The molecule has 1 unspecified atom stereocenters. The lowest BCUT2D eigenvalue weighted by Crippen LogP contribution is -1.99. The normalized spacial score (nSPS) is 20.5. The van der Waals surface area contributed by atoms with Crippen molar-refractivity contribution in [3.05, 3.63) is 42.0 Å². The van der Waals surface area contributed by atoms with Gasteiger partial charge in [-0.1, -0.05) is 12.2 Å². The summed E-state index contributed by atoms with van der Waals surface area (Å²) in [7, 11) is 0. The van der Waals surface area contributed by atoms with E-state index in [2.05, 4.69) is 9.98 Å². The van der Waals surface area contributed by atoms with E-state index in [1.165, 1.54) is 18.3 Å². The molecule has 66 valence electrons. The van der Waals surface area contributed by atoms with Crippen LogP contribution in [0.25, 0.3) is 0 Å². The van der Waals surface area contributed by atoms with Crippen LogP contribution < -0.4 is 0 Å². The number of aromatic nitrogens is 1. The summed E-state index contributed by atoms with van der Waals surface area (Å²) in [5.74, 6) is -0.265. The number of rotatable bonds is 1. The largest absolute Gasteiger partial charge is 0.283 e. The highest BCUT2D eigenvalue weighted by molar-refractivity contribution is 5.61. The molecule has 0 saturated heterocycles. The van der Waals surface area contributed by atoms with Gasteiger partial charge in [-0.2, -0.15) is 0 Å². The Hall–Kier alpha value is -1.51. The molecule has 0 saturated carbocycles. The maximum atomic E-state index is 12.8. The summed E-state index contributed by atoms with van der Waals surface area (Å²) in [5.41, 5.74) is 0.659. The second-order valence-electron chi connectivity index (χ2n) is 2.84. The Kier molecular flexibility index (Phi) is 2.17. The predicted octanol–water partition coefficient (Wildman–Crippen LogP) is 2.29. The Balaban J connectivity index is 2.29. The average Bonchev–Trinajstić information content (AvgIpc) is 2.19. The van der Waals surface area contributed by atoms with E-state index in [1.54, 1.807) is 0 Å². The van der Waals surface area contributed by atoms with E-state index in [1.807, 2.05) is 18.4 Å². The van der Waals surface area contributed by atoms with Crippen LogP contribution in [-0.4, -0.2) is 11.2 Å². The van der Waals surface area contributed by atoms with Crippen molar-refractivity contribution < 1.29 is 4.39 Å². The van der Waals surface area contributed by atoms with E-state index in [0.717, 1.165) is 6.42 Å². The lowest BCUT2D eigenvalue weighted by atomic mass is 10.1. The molecule has 1 aromatic heterocycles. The van der Waals surface area contributed by atoms with Crippen molar-refractivity contribution >= 4 is 6.21 Å². The van der Waals surface area contributed by atoms with Crippen LogP contribution in [0.15, 0.2) is 35.5 Å². The zero-order valence-electron chi connectivity index (χ0n) is 7.02. The van der Waals surface area contributed by atoms with Crippen molar-refractivity contribution in [3.63, 3.8) is 0 Å². The maximum absolute atomic E-state index is 12.8. The molecule has 1 atom stereocenters. The predicted molar refractivity (Wildman–Crippen MR) is 49.2 cm³/mol. The van der Waals surface area contributed by atoms with Crippen LogP contribution in [-0.2, 0) is 0 Å². The lowest BCUT2D eigenvalue weighted by Gasteiger charge is -2.09. The Morgan fingerprint density at radius 2 is 2.38 bits per heavy atom. The fourth-order valence-electron chi connectivity index (χ4n) is 1.25. The first-order valence-corrected chi connectivity index (χ1v) is 4.16. The summed E-state index contributed by atoms with van der Waals surface area (Å²) in [5, 5.41) is 0. The van der Waals surface area contributed by atoms with Crippen LogP contribution in [0.4, 0.5) is 4.39 Å². The molecular weight excluding hydrogens is 167 g/mol. The number of allylic oxidation sites excluding steroid dienone is 1. The van der Waals surface area contributed by atoms with Gasteiger partial charge in [-0.05, 0) is 12.1 Å². The minimum atomic E-state index is -0.265. The molecule has 1 aliphatic rings. The topological polar surface area (TPSA) is 25.2 Å². The summed E-state index contributed by atoms with van der Waals surface area (Å²) >= 11 is 0. The van der Waals surface area contributed by atoms with Crippen LogP contribution in [0.3, 0.4) is 0 Å². The molecule has 1 aromatic rings. The first-order chi connectivity index (χ1) is 6.36. The molecule has 0 radical (unpaired) electrons.